The van der Waals surface area contributed by atoms with Crippen LogP contribution in [-0.4, -0.2) is 74.3 Å². The highest BCUT2D eigenvalue weighted by atomic mass is 28.4. The number of carbonyl (C=O) groups excluding carboxylic acids is 1. The van der Waals surface area contributed by atoms with E-state index in [0.29, 0.717) is 66.6 Å². The highest BCUT2D eigenvalue weighted by Crippen LogP contribution is 2.69. The van der Waals surface area contributed by atoms with Crippen molar-refractivity contribution in [1.29, 1.82) is 0 Å². The molecule has 0 aromatic carbocycles. The lowest BCUT2D eigenvalue weighted by Crippen LogP contribution is -2.70. The van der Waals surface area contributed by atoms with Gasteiger partial charge in [0.25, 0.3) is 0 Å². The molecule has 5 fully saturated rings. The minimum absolute atomic E-state index is 0.0361. The first-order chi connectivity index (χ1) is 34.6. The van der Waals surface area contributed by atoms with Gasteiger partial charge in [0.2, 0.25) is 25.0 Å². The van der Waals surface area contributed by atoms with Crippen molar-refractivity contribution in [2.75, 3.05) is 6.61 Å². The third kappa shape index (κ3) is 12.9. The summed E-state index contributed by atoms with van der Waals surface area (Å²) in [4.78, 5) is 13.9. The molecule has 0 aromatic heterocycles. The van der Waals surface area contributed by atoms with Crippen LogP contribution < -0.4 is 0 Å². The Kier molecular flexibility index (Phi) is 22.4. The van der Waals surface area contributed by atoms with Gasteiger partial charge < -0.3 is 27.5 Å². The lowest BCUT2D eigenvalue weighted by molar-refractivity contribution is -0.310. The minimum Gasteiger partial charge on any atom is -0.462 e. The van der Waals surface area contributed by atoms with Gasteiger partial charge in [0.1, 0.15) is 31.0 Å². The van der Waals surface area contributed by atoms with Gasteiger partial charge in [-0.3, -0.25) is 4.79 Å². The molecule has 0 spiro atoms. The van der Waals surface area contributed by atoms with Gasteiger partial charge in [-0.1, -0.05) is 179 Å². The van der Waals surface area contributed by atoms with Crippen LogP contribution in [0.5, 0.6) is 0 Å². The van der Waals surface area contributed by atoms with E-state index < -0.39 is 61.1 Å². The molecule has 5 rings (SSSR count). The van der Waals surface area contributed by atoms with Crippen molar-refractivity contribution in [3.63, 3.8) is 0 Å². The molecule has 440 valence electrons. The van der Waals surface area contributed by atoms with Gasteiger partial charge in [-0.15, -0.1) is 0 Å². The molecule has 0 amide bonds. The molecule has 4 saturated carbocycles. The standard InChI is InChI=1S/C65H126O7Si3/c1-40(2)28-27-29-50(21)54-32-33-55-53-31-30-51-38-52(34-36-64(51,25)56(53)35-37-65(54,55)26)68-61-60(72-75(47(15)16,48(17)18)49(19)20)59(71-74(44(9)10,45(11)12)46(13)14)58(57(69-61)39-67-62(66)63(22,23)24)70-73(41(3)4,42(5)6)43(7)8/h40-61H,27-39H2,1-26H3/t50-,51+,52+,53+,54-,55+,56+,57-,58-,59+,60-,61-,64+,65-/m1/s1. The largest absolute Gasteiger partial charge is 0.462 e. The molecule has 1 saturated heterocycles. The molecule has 1 aliphatic heterocycles. The van der Waals surface area contributed by atoms with E-state index in [1.165, 1.54) is 64.2 Å². The number of hydrogen-bond acceptors (Lipinski definition) is 7. The Morgan fingerprint density at radius 1 is 0.547 bits per heavy atom. The first kappa shape index (κ1) is 65.7. The van der Waals surface area contributed by atoms with E-state index in [4.69, 9.17) is 27.5 Å². The third-order valence-corrected chi connectivity index (χ3v) is 41.2. The van der Waals surface area contributed by atoms with Crippen molar-refractivity contribution >= 4 is 30.9 Å². The van der Waals surface area contributed by atoms with E-state index in [9.17, 15) is 4.79 Å². The van der Waals surface area contributed by atoms with Gasteiger partial charge >= 0.3 is 5.97 Å². The van der Waals surface area contributed by atoms with Crippen LogP contribution in [0.4, 0.5) is 0 Å². The van der Waals surface area contributed by atoms with Crippen molar-refractivity contribution < 1.29 is 32.3 Å². The summed E-state index contributed by atoms with van der Waals surface area (Å²) in [5.41, 5.74) is 3.15. The van der Waals surface area contributed by atoms with E-state index in [-0.39, 0.29) is 18.7 Å². The van der Waals surface area contributed by atoms with Crippen LogP contribution >= 0.6 is 0 Å². The topological polar surface area (TPSA) is 72.5 Å². The molecule has 75 heavy (non-hydrogen) atoms. The highest BCUT2D eigenvalue weighted by Gasteiger charge is 2.64. The van der Waals surface area contributed by atoms with Crippen LogP contribution in [0, 0.1) is 57.7 Å². The van der Waals surface area contributed by atoms with E-state index in [1.54, 1.807) is 0 Å². The van der Waals surface area contributed by atoms with Gasteiger partial charge in [-0.25, -0.2) is 0 Å². The molecule has 5 aliphatic rings. The fourth-order valence-electron chi connectivity index (χ4n) is 19.4. The fourth-order valence-corrected chi connectivity index (χ4v) is 36.0. The Bertz CT molecular complexity index is 1720. The maximum absolute atomic E-state index is 13.9. The molecule has 1 heterocycles. The predicted octanol–water partition coefficient (Wildman–Crippen LogP) is 19.5. The number of ether oxygens (including phenoxy) is 3. The Morgan fingerprint density at radius 3 is 1.47 bits per heavy atom. The normalized spacial score (nSPS) is 33.7. The van der Waals surface area contributed by atoms with Crippen LogP contribution in [0.15, 0.2) is 0 Å². The third-order valence-electron chi connectivity index (χ3n) is 22.9. The Labute approximate surface area is 468 Å². The van der Waals surface area contributed by atoms with Crippen molar-refractivity contribution in [3.8, 4) is 0 Å². The summed E-state index contributed by atoms with van der Waals surface area (Å²) in [7, 11) is -7.86. The molecule has 0 bridgehead atoms. The van der Waals surface area contributed by atoms with Crippen molar-refractivity contribution in [2.45, 2.75) is 344 Å². The van der Waals surface area contributed by atoms with Crippen LogP contribution in [0.25, 0.3) is 0 Å². The summed E-state index contributed by atoms with van der Waals surface area (Å²) in [6.45, 7) is 61.9. The molecular weight excluding hydrogens is 977 g/mol. The molecule has 10 heteroatoms. The lowest BCUT2D eigenvalue weighted by atomic mass is 9.44. The van der Waals surface area contributed by atoms with Gasteiger partial charge in [-0.2, -0.15) is 0 Å². The molecule has 0 unspecified atom stereocenters. The van der Waals surface area contributed by atoms with Crippen molar-refractivity contribution in [1.82, 2.24) is 0 Å². The maximum atomic E-state index is 13.9. The van der Waals surface area contributed by atoms with Gasteiger partial charge in [0.05, 0.1) is 11.5 Å². The summed E-state index contributed by atoms with van der Waals surface area (Å²) in [6, 6.07) is 0. The molecule has 14 atom stereocenters. The van der Waals surface area contributed by atoms with E-state index in [2.05, 4.69) is 159 Å². The van der Waals surface area contributed by atoms with Gasteiger partial charge in [0.15, 0.2) is 6.29 Å². The monoisotopic (exact) mass is 1100 g/mol. The summed E-state index contributed by atoms with van der Waals surface area (Å²) in [5.74, 6) is 5.44. The zero-order valence-corrected chi connectivity index (χ0v) is 57.3. The highest BCUT2D eigenvalue weighted by molar-refractivity contribution is 6.79. The van der Waals surface area contributed by atoms with Crippen LogP contribution in [0.3, 0.4) is 0 Å². The molecular formula is C65H126O7Si3. The van der Waals surface area contributed by atoms with Crippen molar-refractivity contribution in [3.05, 3.63) is 0 Å². The molecule has 0 radical (unpaired) electrons. The molecule has 4 aliphatic carbocycles. The van der Waals surface area contributed by atoms with Crippen LogP contribution in [0.1, 0.15) is 257 Å². The summed E-state index contributed by atoms with van der Waals surface area (Å²) in [6.07, 6.45) is 13.0. The van der Waals surface area contributed by atoms with Gasteiger partial charge in [0, 0.05) is 0 Å². The first-order valence-corrected chi connectivity index (χ1v) is 38.5. The van der Waals surface area contributed by atoms with Crippen LogP contribution in [-0.2, 0) is 32.3 Å². The SMILES string of the molecule is CC(C)CCC[C@@H](C)[C@H]1CC[C@H]2[C@@H]3CC[C@H]4C[C@@H](O[C@@H]5O[C@H](COC(=O)C(C)(C)C)[C@@H](O[Si](C(C)C)(C(C)C)C(C)C)[C@H](O[Si](C(C)C)(C(C)C)C(C)C)[C@H]5O[Si](C(C)C)(C(C)C)C(C)C)CC[C@]4(C)[C@H]3CC[C@]12C. The average molecular weight is 1100 g/mol. The fraction of sp³-hybridized carbons (Fsp3) is 0.985. The second-order valence-corrected chi connectivity index (χ2v) is 47.5. The molecule has 0 N–H and O–H groups in total. The van der Waals surface area contributed by atoms with E-state index >= 15 is 0 Å². The molecule has 0 aromatic rings. The second-order valence-electron chi connectivity index (χ2n) is 31.3. The zero-order chi connectivity index (χ0) is 56.7. The smallest absolute Gasteiger partial charge is 0.311 e. The number of carbonyl (C=O) groups is 1. The molecule has 7 nitrogen and oxygen atoms in total. The minimum atomic E-state index is -2.63. The predicted molar refractivity (Wildman–Crippen MR) is 325 cm³/mol. The van der Waals surface area contributed by atoms with E-state index in [0.717, 1.165) is 48.3 Å². The van der Waals surface area contributed by atoms with Crippen molar-refractivity contribution in [2.24, 2.45) is 57.7 Å². The number of esters is 1. The lowest BCUT2D eigenvalue weighted by Gasteiger charge is -2.61. The van der Waals surface area contributed by atoms with Gasteiger partial charge in [-0.05, 0) is 181 Å². The Hall–Kier alpha value is -0.0794. The summed E-state index contributed by atoms with van der Waals surface area (Å²) < 4.78 is 46.8. The summed E-state index contributed by atoms with van der Waals surface area (Å²) >= 11 is 0. The Balaban J connectivity index is 1.62. The second kappa shape index (κ2) is 25.6. The zero-order valence-electron chi connectivity index (χ0n) is 54.3. The number of rotatable bonds is 24. The Morgan fingerprint density at radius 2 is 1.00 bits per heavy atom. The number of fused-ring (bicyclic) bond motifs is 5. The first-order valence-electron chi connectivity index (χ1n) is 32.1. The number of hydrogen-bond donors (Lipinski definition) is 0. The summed E-state index contributed by atoms with van der Waals surface area (Å²) in [5, 5.41) is 0. The average Bonchev–Trinajstić information content (AvgIpc) is 3.65. The maximum Gasteiger partial charge on any atom is 0.311 e. The quantitative estimate of drug-likeness (QED) is 0.0542. The van der Waals surface area contributed by atoms with E-state index in [1.807, 2.05) is 20.8 Å². The van der Waals surface area contributed by atoms with Crippen LogP contribution in [0.2, 0.25) is 49.9 Å².